The molecule has 0 aliphatic rings. The number of hydrogen-bond acceptors (Lipinski definition) is 3. The van der Waals surface area contributed by atoms with Gasteiger partial charge in [0.2, 0.25) is 0 Å². The second kappa shape index (κ2) is 4.94. The molecule has 82 valence electrons. The lowest BCUT2D eigenvalue weighted by molar-refractivity contribution is 0.295. The molecule has 0 unspecified atom stereocenters. The molecule has 1 heterocycles. The van der Waals surface area contributed by atoms with Crippen molar-refractivity contribution in [3.05, 3.63) is 53.1 Å². The van der Waals surface area contributed by atoms with Crippen molar-refractivity contribution >= 4 is 11.6 Å². The van der Waals surface area contributed by atoms with Gasteiger partial charge >= 0.3 is 0 Å². The molecule has 0 aliphatic heterocycles. The van der Waals surface area contributed by atoms with Gasteiger partial charge in [0.1, 0.15) is 17.5 Å². The second-order valence-corrected chi connectivity index (χ2v) is 3.72. The van der Waals surface area contributed by atoms with Crippen LogP contribution in [0.25, 0.3) is 0 Å². The maximum atomic E-state index is 5.89. The molecule has 0 saturated carbocycles. The van der Waals surface area contributed by atoms with Crippen LogP contribution in [-0.4, -0.2) is 9.97 Å². The Morgan fingerprint density at radius 1 is 1.25 bits per heavy atom. The summed E-state index contributed by atoms with van der Waals surface area (Å²) < 4.78 is 5.50. The Bertz CT molecular complexity index is 474. The minimum Gasteiger partial charge on any atom is -0.486 e. The highest BCUT2D eigenvalue weighted by molar-refractivity contribution is 6.30. The van der Waals surface area contributed by atoms with Crippen LogP contribution in [0, 0.1) is 6.92 Å². The molecule has 2 rings (SSSR count). The topological polar surface area (TPSA) is 35.0 Å². The van der Waals surface area contributed by atoms with Crippen molar-refractivity contribution < 1.29 is 4.74 Å². The van der Waals surface area contributed by atoms with Gasteiger partial charge in [-0.2, -0.15) is 0 Å². The highest BCUT2D eigenvalue weighted by atomic mass is 35.5. The summed E-state index contributed by atoms with van der Waals surface area (Å²) in [4.78, 5) is 8.25. The minimum absolute atomic E-state index is 0.323. The summed E-state index contributed by atoms with van der Waals surface area (Å²) in [5, 5.41) is 0.474. The molecule has 16 heavy (non-hydrogen) atoms. The smallest absolute Gasteiger partial charge is 0.167 e. The lowest BCUT2D eigenvalue weighted by atomic mass is 10.3. The SMILES string of the molecule is Cc1cnc(COc2ccccc2)nc1Cl. The van der Waals surface area contributed by atoms with Crippen molar-refractivity contribution in [1.82, 2.24) is 9.97 Å². The van der Waals surface area contributed by atoms with Crippen molar-refractivity contribution in [2.45, 2.75) is 13.5 Å². The zero-order valence-electron chi connectivity index (χ0n) is 8.85. The summed E-state index contributed by atoms with van der Waals surface area (Å²) in [5.74, 6) is 1.38. The van der Waals surface area contributed by atoms with E-state index in [-0.39, 0.29) is 0 Å². The summed E-state index contributed by atoms with van der Waals surface area (Å²) in [6.07, 6.45) is 1.69. The van der Waals surface area contributed by atoms with E-state index in [0.717, 1.165) is 11.3 Å². The number of rotatable bonds is 3. The largest absolute Gasteiger partial charge is 0.486 e. The first-order valence-corrected chi connectivity index (χ1v) is 5.29. The Morgan fingerprint density at radius 2 is 2.00 bits per heavy atom. The van der Waals surface area contributed by atoms with Crippen molar-refractivity contribution in [2.75, 3.05) is 0 Å². The molecule has 0 fully saturated rings. The monoisotopic (exact) mass is 234 g/mol. The van der Waals surface area contributed by atoms with Gasteiger partial charge in [0.15, 0.2) is 5.82 Å². The molecule has 2 aromatic rings. The van der Waals surface area contributed by atoms with E-state index >= 15 is 0 Å². The molecule has 0 amide bonds. The molecule has 1 aromatic heterocycles. The second-order valence-electron chi connectivity index (χ2n) is 3.36. The Kier molecular flexibility index (Phi) is 3.37. The molecule has 0 radical (unpaired) electrons. The Balaban J connectivity index is 2.03. The van der Waals surface area contributed by atoms with E-state index in [2.05, 4.69) is 9.97 Å². The van der Waals surface area contributed by atoms with Crippen LogP contribution in [0.5, 0.6) is 5.75 Å². The number of halogens is 1. The third-order valence-corrected chi connectivity index (χ3v) is 2.45. The van der Waals surface area contributed by atoms with Gasteiger partial charge in [-0.25, -0.2) is 9.97 Å². The first kappa shape index (κ1) is 10.9. The Labute approximate surface area is 99.1 Å². The Morgan fingerprint density at radius 3 is 2.69 bits per heavy atom. The molecular formula is C12H11ClN2O. The van der Waals surface area contributed by atoms with Crippen LogP contribution < -0.4 is 4.74 Å². The van der Waals surface area contributed by atoms with Crippen LogP contribution >= 0.6 is 11.6 Å². The molecule has 4 heteroatoms. The number of hydrogen-bond donors (Lipinski definition) is 0. The average Bonchev–Trinajstić information content (AvgIpc) is 2.32. The lowest BCUT2D eigenvalue weighted by Crippen LogP contribution is -2.02. The number of ether oxygens (including phenoxy) is 1. The standard InChI is InChI=1S/C12H11ClN2O/c1-9-7-14-11(15-12(9)13)8-16-10-5-3-2-4-6-10/h2-7H,8H2,1H3. The molecule has 1 aromatic carbocycles. The lowest BCUT2D eigenvalue weighted by Gasteiger charge is -2.05. The summed E-state index contributed by atoms with van der Waals surface area (Å²) in [6, 6.07) is 9.54. The van der Waals surface area contributed by atoms with Crippen LogP contribution in [-0.2, 0) is 6.61 Å². The van der Waals surface area contributed by atoms with Crippen molar-refractivity contribution in [1.29, 1.82) is 0 Å². The van der Waals surface area contributed by atoms with E-state index in [4.69, 9.17) is 16.3 Å². The van der Waals surface area contributed by atoms with Gasteiger partial charge in [0.25, 0.3) is 0 Å². The highest BCUT2D eigenvalue weighted by Crippen LogP contribution is 2.13. The fourth-order valence-corrected chi connectivity index (χ4v) is 1.34. The van der Waals surface area contributed by atoms with E-state index in [1.807, 2.05) is 37.3 Å². The van der Waals surface area contributed by atoms with Crippen LogP contribution in [0.3, 0.4) is 0 Å². The molecular weight excluding hydrogens is 224 g/mol. The minimum atomic E-state index is 0.323. The van der Waals surface area contributed by atoms with E-state index in [1.165, 1.54) is 0 Å². The molecule has 0 aliphatic carbocycles. The quantitative estimate of drug-likeness (QED) is 0.766. The van der Waals surface area contributed by atoms with Gasteiger partial charge in [-0.15, -0.1) is 0 Å². The highest BCUT2D eigenvalue weighted by Gasteiger charge is 2.02. The third-order valence-electron chi connectivity index (χ3n) is 2.07. The van der Waals surface area contributed by atoms with E-state index in [9.17, 15) is 0 Å². The van der Waals surface area contributed by atoms with Gasteiger partial charge in [-0.3, -0.25) is 0 Å². The number of benzene rings is 1. The molecule has 0 bridgehead atoms. The van der Waals surface area contributed by atoms with E-state index in [1.54, 1.807) is 6.20 Å². The summed E-state index contributed by atoms with van der Waals surface area (Å²) in [5.41, 5.74) is 0.866. The zero-order valence-corrected chi connectivity index (χ0v) is 9.61. The normalized spacial score (nSPS) is 10.1. The molecule has 0 saturated heterocycles. The number of aryl methyl sites for hydroxylation is 1. The number of nitrogens with zero attached hydrogens (tertiary/aromatic N) is 2. The van der Waals surface area contributed by atoms with Gasteiger partial charge in [-0.05, 0) is 19.1 Å². The maximum absolute atomic E-state index is 5.89. The van der Waals surface area contributed by atoms with Gasteiger partial charge in [0.05, 0.1) is 0 Å². The van der Waals surface area contributed by atoms with Gasteiger partial charge in [-0.1, -0.05) is 29.8 Å². The average molecular weight is 235 g/mol. The first-order valence-electron chi connectivity index (χ1n) is 4.91. The maximum Gasteiger partial charge on any atom is 0.167 e. The van der Waals surface area contributed by atoms with Gasteiger partial charge < -0.3 is 4.74 Å². The third kappa shape index (κ3) is 2.70. The van der Waals surface area contributed by atoms with Crippen molar-refractivity contribution in [2.24, 2.45) is 0 Å². The number of para-hydroxylation sites is 1. The molecule has 0 atom stereocenters. The van der Waals surface area contributed by atoms with Crippen LogP contribution in [0.1, 0.15) is 11.4 Å². The van der Waals surface area contributed by atoms with Crippen LogP contribution in [0.4, 0.5) is 0 Å². The molecule has 3 nitrogen and oxygen atoms in total. The van der Waals surface area contributed by atoms with Crippen LogP contribution in [0.15, 0.2) is 36.5 Å². The molecule has 0 spiro atoms. The van der Waals surface area contributed by atoms with E-state index < -0.39 is 0 Å². The summed E-state index contributed by atoms with van der Waals surface area (Å²) >= 11 is 5.89. The van der Waals surface area contributed by atoms with Crippen LogP contribution in [0.2, 0.25) is 5.15 Å². The van der Waals surface area contributed by atoms with Crippen molar-refractivity contribution in [3.63, 3.8) is 0 Å². The molecule has 0 N–H and O–H groups in total. The van der Waals surface area contributed by atoms with Gasteiger partial charge in [0, 0.05) is 11.8 Å². The fraction of sp³-hybridized carbons (Fsp3) is 0.167. The Hall–Kier alpha value is -1.61. The predicted molar refractivity (Wildman–Crippen MR) is 62.6 cm³/mol. The summed E-state index contributed by atoms with van der Waals surface area (Å²) in [6.45, 7) is 2.19. The van der Waals surface area contributed by atoms with E-state index in [0.29, 0.717) is 17.6 Å². The summed E-state index contributed by atoms with van der Waals surface area (Å²) in [7, 11) is 0. The van der Waals surface area contributed by atoms with Crippen molar-refractivity contribution in [3.8, 4) is 5.75 Å². The zero-order chi connectivity index (χ0) is 11.4. The first-order chi connectivity index (χ1) is 7.75. The number of aromatic nitrogens is 2. The predicted octanol–water partition coefficient (Wildman–Crippen LogP) is 3.02. The fourth-order valence-electron chi connectivity index (χ4n) is 1.19.